The molecule has 116 valence electrons. The molecule has 0 aliphatic carbocycles. The van der Waals surface area contributed by atoms with Crippen LogP contribution in [0.1, 0.15) is 5.56 Å². The quantitative estimate of drug-likeness (QED) is 0.716. The van der Waals surface area contributed by atoms with Crippen LogP contribution in [0.2, 0.25) is 5.02 Å². The molecule has 2 rings (SSSR count). The number of nitrogens with one attached hydrogen (secondary N) is 3. The number of nitrogens with zero attached hydrogens (tertiary/aromatic N) is 1. The van der Waals surface area contributed by atoms with Crippen LogP contribution in [0.5, 0.6) is 0 Å². The SMILES string of the molecule is O=C(COCc1ccccc1Cl)NCC(=O)Nc1cn[nH]c1. The van der Waals surface area contributed by atoms with Gasteiger partial charge in [-0.25, -0.2) is 0 Å². The Balaban J connectivity index is 1.64. The number of anilines is 1. The van der Waals surface area contributed by atoms with Crippen LogP contribution in [-0.2, 0) is 20.9 Å². The average Bonchev–Trinajstić information content (AvgIpc) is 3.00. The highest BCUT2D eigenvalue weighted by molar-refractivity contribution is 6.31. The van der Waals surface area contributed by atoms with Gasteiger partial charge in [0.25, 0.3) is 0 Å². The summed E-state index contributed by atoms with van der Waals surface area (Å²) >= 11 is 5.97. The molecule has 1 aromatic heterocycles. The second-order valence-electron chi connectivity index (χ2n) is 4.40. The van der Waals surface area contributed by atoms with Crippen LogP contribution in [-0.4, -0.2) is 35.2 Å². The molecule has 2 aromatic rings. The third kappa shape index (κ3) is 5.19. The second-order valence-corrected chi connectivity index (χ2v) is 4.80. The Morgan fingerprint density at radius 3 is 2.82 bits per heavy atom. The number of H-pyrrole nitrogens is 1. The zero-order valence-electron chi connectivity index (χ0n) is 11.6. The Hall–Kier alpha value is -2.38. The Labute approximate surface area is 132 Å². The van der Waals surface area contributed by atoms with E-state index in [1.54, 1.807) is 6.07 Å². The number of benzene rings is 1. The summed E-state index contributed by atoms with van der Waals surface area (Å²) in [6.07, 6.45) is 3.00. The van der Waals surface area contributed by atoms with Crippen molar-refractivity contribution in [2.75, 3.05) is 18.5 Å². The lowest BCUT2D eigenvalue weighted by Crippen LogP contribution is -2.35. The molecule has 3 N–H and O–H groups in total. The highest BCUT2D eigenvalue weighted by atomic mass is 35.5. The zero-order valence-corrected chi connectivity index (χ0v) is 12.4. The first-order valence-corrected chi connectivity index (χ1v) is 6.89. The molecule has 0 saturated heterocycles. The molecule has 0 bridgehead atoms. The van der Waals surface area contributed by atoms with E-state index in [-0.39, 0.29) is 31.6 Å². The van der Waals surface area contributed by atoms with E-state index in [0.717, 1.165) is 5.56 Å². The molecule has 22 heavy (non-hydrogen) atoms. The summed E-state index contributed by atoms with van der Waals surface area (Å²) in [4.78, 5) is 23.1. The zero-order chi connectivity index (χ0) is 15.8. The van der Waals surface area contributed by atoms with Gasteiger partial charge in [-0.3, -0.25) is 14.7 Å². The van der Waals surface area contributed by atoms with Crippen LogP contribution in [0.15, 0.2) is 36.7 Å². The lowest BCUT2D eigenvalue weighted by atomic mass is 10.2. The van der Waals surface area contributed by atoms with E-state index in [0.29, 0.717) is 10.7 Å². The molecule has 0 aliphatic heterocycles. The smallest absolute Gasteiger partial charge is 0.246 e. The number of halogens is 1. The summed E-state index contributed by atoms with van der Waals surface area (Å²) in [6.45, 7) is -0.0576. The minimum atomic E-state index is -0.380. The Bertz CT molecular complexity index is 631. The number of ether oxygens (including phenoxy) is 1. The van der Waals surface area contributed by atoms with Crippen molar-refractivity contribution in [3.8, 4) is 0 Å². The number of aromatic amines is 1. The summed E-state index contributed by atoms with van der Waals surface area (Å²) in [5, 5.41) is 11.9. The van der Waals surface area contributed by atoms with Gasteiger partial charge in [-0.15, -0.1) is 0 Å². The van der Waals surface area contributed by atoms with E-state index in [2.05, 4.69) is 20.8 Å². The van der Waals surface area contributed by atoms with Gasteiger partial charge in [0, 0.05) is 11.2 Å². The third-order valence-corrected chi connectivity index (χ3v) is 3.05. The summed E-state index contributed by atoms with van der Waals surface area (Å²) in [5.74, 6) is -0.727. The van der Waals surface area contributed by atoms with E-state index < -0.39 is 0 Å². The molecule has 1 heterocycles. The van der Waals surface area contributed by atoms with Crippen molar-refractivity contribution in [1.82, 2.24) is 15.5 Å². The molecule has 2 amide bonds. The fourth-order valence-electron chi connectivity index (χ4n) is 1.62. The number of hydrogen-bond acceptors (Lipinski definition) is 4. The normalized spacial score (nSPS) is 10.2. The first-order valence-electron chi connectivity index (χ1n) is 6.51. The van der Waals surface area contributed by atoms with Gasteiger partial charge < -0.3 is 15.4 Å². The lowest BCUT2D eigenvalue weighted by Gasteiger charge is -2.07. The molecule has 0 atom stereocenters. The summed E-state index contributed by atoms with van der Waals surface area (Å²) < 4.78 is 5.26. The van der Waals surface area contributed by atoms with Gasteiger partial charge in [-0.1, -0.05) is 29.8 Å². The fourth-order valence-corrected chi connectivity index (χ4v) is 1.81. The van der Waals surface area contributed by atoms with Crippen LogP contribution in [0, 0.1) is 0 Å². The van der Waals surface area contributed by atoms with Gasteiger partial charge >= 0.3 is 0 Å². The van der Waals surface area contributed by atoms with E-state index in [1.165, 1.54) is 12.4 Å². The molecule has 8 heteroatoms. The Kier molecular flexibility index (Phi) is 5.93. The van der Waals surface area contributed by atoms with Crippen LogP contribution >= 0.6 is 11.6 Å². The Morgan fingerprint density at radius 1 is 1.27 bits per heavy atom. The highest BCUT2D eigenvalue weighted by Gasteiger charge is 2.07. The summed E-state index contributed by atoms with van der Waals surface area (Å²) in [5.41, 5.74) is 1.34. The van der Waals surface area contributed by atoms with E-state index in [1.807, 2.05) is 18.2 Å². The van der Waals surface area contributed by atoms with Gasteiger partial charge in [0.05, 0.1) is 25.0 Å². The fraction of sp³-hybridized carbons (Fsp3) is 0.214. The number of aromatic nitrogens is 2. The topological polar surface area (TPSA) is 96.1 Å². The van der Waals surface area contributed by atoms with Crippen molar-refractivity contribution >= 4 is 29.1 Å². The van der Waals surface area contributed by atoms with E-state index in [4.69, 9.17) is 16.3 Å². The minimum Gasteiger partial charge on any atom is -0.367 e. The third-order valence-electron chi connectivity index (χ3n) is 2.68. The van der Waals surface area contributed by atoms with Gasteiger partial charge in [0.15, 0.2) is 0 Å². The predicted octanol–water partition coefficient (Wildman–Crippen LogP) is 1.33. The molecule has 0 spiro atoms. The van der Waals surface area contributed by atoms with Crippen LogP contribution in [0.4, 0.5) is 5.69 Å². The van der Waals surface area contributed by atoms with Gasteiger partial charge in [-0.2, -0.15) is 5.10 Å². The van der Waals surface area contributed by atoms with Crippen molar-refractivity contribution < 1.29 is 14.3 Å². The largest absolute Gasteiger partial charge is 0.367 e. The van der Waals surface area contributed by atoms with Crippen molar-refractivity contribution in [3.05, 3.63) is 47.2 Å². The molecule has 0 radical (unpaired) electrons. The monoisotopic (exact) mass is 322 g/mol. The second kappa shape index (κ2) is 8.16. The number of amides is 2. The van der Waals surface area contributed by atoms with Gasteiger partial charge in [0.1, 0.15) is 6.61 Å². The minimum absolute atomic E-state index is 0.139. The molecule has 0 fully saturated rings. The Morgan fingerprint density at radius 2 is 2.09 bits per heavy atom. The molecule has 1 aromatic carbocycles. The van der Waals surface area contributed by atoms with E-state index >= 15 is 0 Å². The highest BCUT2D eigenvalue weighted by Crippen LogP contribution is 2.15. The van der Waals surface area contributed by atoms with Crippen LogP contribution < -0.4 is 10.6 Å². The van der Waals surface area contributed by atoms with Crippen LogP contribution in [0.25, 0.3) is 0 Å². The maximum absolute atomic E-state index is 11.6. The van der Waals surface area contributed by atoms with Crippen molar-refractivity contribution in [1.29, 1.82) is 0 Å². The molecule has 7 nitrogen and oxygen atoms in total. The molecule has 0 saturated carbocycles. The molecule has 0 unspecified atom stereocenters. The number of carbonyl (C=O) groups is 2. The maximum atomic E-state index is 11.6. The first kappa shape index (κ1) is 16.0. The predicted molar refractivity (Wildman–Crippen MR) is 81.3 cm³/mol. The van der Waals surface area contributed by atoms with Crippen molar-refractivity contribution in [3.63, 3.8) is 0 Å². The maximum Gasteiger partial charge on any atom is 0.246 e. The molecular weight excluding hydrogens is 308 g/mol. The standard InChI is InChI=1S/C14H15ClN4O3/c15-12-4-2-1-3-10(12)8-22-9-14(21)16-7-13(20)19-11-5-17-18-6-11/h1-6H,7-9H2,(H,16,21)(H,17,18)(H,19,20). The lowest BCUT2D eigenvalue weighted by molar-refractivity contribution is -0.128. The molecule has 0 aliphatic rings. The average molecular weight is 323 g/mol. The number of rotatable bonds is 7. The van der Waals surface area contributed by atoms with Crippen molar-refractivity contribution in [2.24, 2.45) is 0 Å². The van der Waals surface area contributed by atoms with Gasteiger partial charge in [0.2, 0.25) is 11.8 Å². The van der Waals surface area contributed by atoms with Crippen LogP contribution in [0.3, 0.4) is 0 Å². The van der Waals surface area contributed by atoms with E-state index in [9.17, 15) is 9.59 Å². The van der Waals surface area contributed by atoms with Crippen molar-refractivity contribution in [2.45, 2.75) is 6.61 Å². The summed E-state index contributed by atoms with van der Waals surface area (Å²) in [7, 11) is 0. The molecular formula is C14H15ClN4O3. The summed E-state index contributed by atoms with van der Waals surface area (Å²) in [6, 6.07) is 7.22. The number of hydrogen-bond donors (Lipinski definition) is 3. The number of carbonyl (C=O) groups excluding carboxylic acids is 2. The van der Waals surface area contributed by atoms with Gasteiger partial charge in [-0.05, 0) is 11.6 Å². The first-order chi connectivity index (χ1) is 10.6.